The van der Waals surface area contributed by atoms with Gasteiger partial charge in [0.05, 0.1) is 10.8 Å². The van der Waals surface area contributed by atoms with Crippen molar-refractivity contribution in [3.63, 3.8) is 0 Å². The third kappa shape index (κ3) is 3.54. The van der Waals surface area contributed by atoms with E-state index in [1.54, 1.807) is 0 Å². The lowest BCUT2D eigenvalue weighted by molar-refractivity contribution is 0.682. The van der Waals surface area contributed by atoms with Crippen LogP contribution in [0.4, 0.5) is 0 Å². The van der Waals surface area contributed by atoms with Crippen LogP contribution in [0.3, 0.4) is 0 Å². The maximum atomic E-state index is 12.1. The number of rotatable bonds is 4. The monoisotopic (exact) mass is 258 g/mol. The first-order valence-corrected chi connectivity index (χ1v) is 7.47. The summed E-state index contributed by atoms with van der Waals surface area (Å²) in [5.74, 6) is 0.687. The quantitative estimate of drug-likeness (QED) is 0.818. The molecule has 94 valence electrons. The van der Waals surface area contributed by atoms with Gasteiger partial charge in [-0.15, -0.1) is 0 Å². The highest BCUT2D eigenvalue weighted by molar-refractivity contribution is 7.85. The van der Waals surface area contributed by atoms with Crippen molar-refractivity contribution in [1.29, 1.82) is 0 Å². The van der Waals surface area contributed by atoms with Crippen molar-refractivity contribution in [1.82, 2.24) is 0 Å². The topological polar surface area (TPSA) is 17.1 Å². The molecule has 1 nitrogen and oxygen atoms in total. The lowest BCUT2D eigenvalue weighted by Gasteiger charge is -2.04. The Morgan fingerprint density at radius 2 is 1.67 bits per heavy atom. The van der Waals surface area contributed by atoms with E-state index in [-0.39, 0.29) is 0 Å². The summed E-state index contributed by atoms with van der Waals surface area (Å²) in [6, 6.07) is 16.3. The standard InChI is InChI=1S/C16H18OS/c1-13-6-8-16(9-7-13)18(17)11-10-15-5-3-4-14(2)12-15/h3-9,12H,10-11H2,1-2H3. The van der Waals surface area contributed by atoms with Gasteiger partial charge in [-0.1, -0.05) is 47.5 Å². The Labute approximate surface area is 111 Å². The second kappa shape index (κ2) is 5.96. The molecule has 2 rings (SSSR count). The molecule has 0 aromatic heterocycles. The van der Waals surface area contributed by atoms with E-state index in [1.165, 1.54) is 16.7 Å². The molecular weight excluding hydrogens is 240 g/mol. The Morgan fingerprint density at radius 1 is 0.944 bits per heavy atom. The molecule has 0 saturated carbocycles. The third-order valence-electron chi connectivity index (χ3n) is 2.94. The summed E-state index contributed by atoms with van der Waals surface area (Å²) in [4.78, 5) is 0.924. The van der Waals surface area contributed by atoms with Crippen molar-refractivity contribution in [2.75, 3.05) is 5.75 Å². The van der Waals surface area contributed by atoms with Gasteiger partial charge in [0.25, 0.3) is 0 Å². The summed E-state index contributed by atoms with van der Waals surface area (Å²) in [6.07, 6.45) is 0.863. The Kier molecular flexibility index (Phi) is 4.32. The second-order valence-corrected chi connectivity index (χ2v) is 6.17. The molecule has 0 spiro atoms. The fourth-order valence-corrected chi connectivity index (χ4v) is 2.98. The van der Waals surface area contributed by atoms with Crippen molar-refractivity contribution in [3.8, 4) is 0 Å². The van der Waals surface area contributed by atoms with Crippen LogP contribution in [0.15, 0.2) is 53.4 Å². The Hall–Kier alpha value is -1.41. The largest absolute Gasteiger partial charge is 0.254 e. The Bertz CT molecular complexity index is 543. The highest BCUT2D eigenvalue weighted by atomic mass is 32.2. The van der Waals surface area contributed by atoms with Crippen LogP contribution in [0.5, 0.6) is 0 Å². The van der Waals surface area contributed by atoms with Crippen LogP contribution in [0.2, 0.25) is 0 Å². The molecule has 0 saturated heterocycles. The first-order chi connectivity index (χ1) is 8.65. The van der Waals surface area contributed by atoms with Gasteiger partial charge in [0.15, 0.2) is 0 Å². The first-order valence-electron chi connectivity index (χ1n) is 6.16. The van der Waals surface area contributed by atoms with E-state index in [4.69, 9.17) is 0 Å². The van der Waals surface area contributed by atoms with Gasteiger partial charge in [-0.25, -0.2) is 0 Å². The predicted molar refractivity (Wildman–Crippen MR) is 77.3 cm³/mol. The van der Waals surface area contributed by atoms with Gasteiger partial charge >= 0.3 is 0 Å². The average molecular weight is 258 g/mol. The number of aryl methyl sites for hydroxylation is 3. The Morgan fingerprint density at radius 3 is 2.33 bits per heavy atom. The van der Waals surface area contributed by atoms with E-state index in [2.05, 4.69) is 31.2 Å². The normalized spacial score (nSPS) is 12.3. The third-order valence-corrected chi connectivity index (χ3v) is 4.32. The summed E-state index contributed by atoms with van der Waals surface area (Å²) >= 11 is 0. The summed E-state index contributed by atoms with van der Waals surface area (Å²) < 4.78 is 12.1. The maximum absolute atomic E-state index is 12.1. The highest BCUT2D eigenvalue weighted by Crippen LogP contribution is 2.11. The van der Waals surface area contributed by atoms with Crippen molar-refractivity contribution in [2.45, 2.75) is 25.2 Å². The minimum Gasteiger partial charge on any atom is -0.254 e. The van der Waals surface area contributed by atoms with Gasteiger partial charge in [0, 0.05) is 10.6 Å². The first kappa shape index (κ1) is 13.0. The molecule has 1 unspecified atom stereocenters. The molecular formula is C16H18OS. The van der Waals surface area contributed by atoms with E-state index < -0.39 is 10.8 Å². The molecule has 2 heteroatoms. The molecule has 0 bridgehead atoms. The van der Waals surface area contributed by atoms with Crippen LogP contribution in [-0.4, -0.2) is 9.96 Å². The number of benzene rings is 2. The minimum absolute atomic E-state index is 0.687. The van der Waals surface area contributed by atoms with E-state index in [1.807, 2.05) is 31.2 Å². The lowest BCUT2D eigenvalue weighted by Crippen LogP contribution is -2.01. The van der Waals surface area contributed by atoms with Crippen LogP contribution in [-0.2, 0) is 17.2 Å². The highest BCUT2D eigenvalue weighted by Gasteiger charge is 2.04. The molecule has 0 N–H and O–H groups in total. The average Bonchev–Trinajstić information content (AvgIpc) is 2.37. The predicted octanol–water partition coefficient (Wildman–Crippen LogP) is 3.65. The van der Waals surface area contributed by atoms with E-state index in [9.17, 15) is 4.21 Å². The lowest BCUT2D eigenvalue weighted by atomic mass is 10.1. The molecule has 0 fully saturated rings. The van der Waals surface area contributed by atoms with Crippen molar-refractivity contribution in [2.24, 2.45) is 0 Å². The molecule has 0 radical (unpaired) electrons. The van der Waals surface area contributed by atoms with E-state index >= 15 is 0 Å². The molecule has 0 amide bonds. The fraction of sp³-hybridized carbons (Fsp3) is 0.250. The van der Waals surface area contributed by atoms with Crippen LogP contribution < -0.4 is 0 Å². The smallest absolute Gasteiger partial charge is 0.0532 e. The van der Waals surface area contributed by atoms with E-state index in [0.29, 0.717) is 5.75 Å². The van der Waals surface area contributed by atoms with Gasteiger partial charge in [-0.05, 0) is 38.0 Å². The number of hydrogen-bond donors (Lipinski definition) is 0. The minimum atomic E-state index is -0.899. The molecule has 2 aromatic carbocycles. The van der Waals surface area contributed by atoms with Crippen molar-refractivity contribution < 1.29 is 4.21 Å². The molecule has 2 aromatic rings. The van der Waals surface area contributed by atoms with Gasteiger partial charge in [0.2, 0.25) is 0 Å². The summed E-state index contributed by atoms with van der Waals surface area (Å²) in [6.45, 7) is 4.12. The van der Waals surface area contributed by atoms with Crippen LogP contribution in [0.25, 0.3) is 0 Å². The van der Waals surface area contributed by atoms with Crippen molar-refractivity contribution in [3.05, 3.63) is 65.2 Å². The zero-order valence-electron chi connectivity index (χ0n) is 10.8. The molecule has 0 heterocycles. The Balaban J connectivity index is 1.98. The van der Waals surface area contributed by atoms with Gasteiger partial charge in [-0.3, -0.25) is 4.21 Å². The van der Waals surface area contributed by atoms with Gasteiger partial charge in [-0.2, -0.15) is 0 Å². The fourth-order valence-electron chi connectivity index (χ4n) is 1.89. The zero-order valence-corrected chi connectivity index (χ0v) is 11.7. The summed E-state index contributed by atoms with van der Waals surface area (Å²) in [5, 5.41) is 0. The maximum Gasteiger partial charge on any atom is 0.0532 e. The summed E-state index contributed by atoms with van der Waals surface area (Å²) in [7, 11) is -0.899. The zero-order chi connectivity index (χ0) is 13.0. The van der Waals surface area contributed by atoms with Crippen LogP contribution in [0.1, 0.15) is 16.7 Å². The summed E-state index contributed by atoms with van der Waals surface area (Å²) in [5.41, 5.74) is 3.72. The number of hydrogen-bond acceptors (Lipinski definition) is 1. The van der Waals surface area contributed by atoms with Crippen LogP contribution >= 0.6 is 0 Å². The molecule has 0 aliphatic carbocycles. The molecule has 1 atom stereocenters. The van der Waals surface area contributed by atoms with Crippen LogP contribution in [0, 0.1) is 13.8 Å². The molecule has 0 aliphatic rings. The van der Waals surface area contributed by atoms with Gasteiger partial charge in [0.1, 0.15) is 0 Å². The molecule has 0 aliphatic heterocycles. The van der Waals surface area contributed by atoms with E-state index in [0.717, 1.165) is 11.3 Å². The molecule has 18 heavy (non-hydrogen) atoms. The van der Waals surface area contributed by atoms with Gasteiger partial charge < -0.3 is 0 Å². The second-order valence-electron chi connectivity index (χ2n) is 4.60. The van der Waals surface area contributed by atoms with Crippen molar-refractivity contribution >= 4 is 10.8 Å². The SMILES string of the molecule is Cc1ccc(S(=O)CCc2cccc(C)c2)cc1.